The summed E-state index contributed by atoms with van der Waals surface area (Å²) in [6.07, 6.45) is 2.88. The molecule has 3 aromatic rings. The van der Waals surface area contributed by atoms with Gasteiger partial charge in [0.1, 0.15) is 11.3 Å². The minimum atomic E-state index is -0.650. The summed E-state index contributed by atoms with van der Waals surface area (Å²) in [5, 5.41) is 32.1. The molecule has 0 aliphatic rings. The molecule has 2 aromatic heterocycles. The Morgan fingerprint density at radius 2 is 2.00 bits per heavy atom. The fraction of sp³-hybridized carbons (Fsp3) is 0.0625. The number of rotatable bonds is 3. The van der Waals surface area contributed by atoms with Crippen molar-refractivity contribution in [3.8, 4) is 17.2 Å². The van der Waals surface area contributed by atoms with E-state index in [4.69, 9.17) is 0 Å². The van der Waals surface area contributed by atoms with Crippen molar-refractivity contribution in [1.82, 2.24) is 14.8 Å². The molecule has 122 valence electrons. The Balaban J connectivity index is 1.83. The Morgan fingerprint density at radius 1 is 1.21 bits per heavy atom. The van der Waals surface area contributed by atoms with Crippen LogP contribution in [-0.4, -0.2) is 36.8 Å². The second-order valence-corrected chi connectivity index (χ2v) is 5.04. The zero-order valence-corrected chi connectivity index (χ0v) is 12.6. The molecule has 3 rings (SSSR count). The molecule has 1 aromatic carbocycles. The summed E-state index contributed by atoms with van der Waals surface area (Å²) in [5.41, 5.74) is 4.03. The molecule has 8 nitrogen and oxygen atoms in total. The van der Waals surface area contributed by atoms with E-state index in [-0.39, 0.29) is 5.56 Å². The lowest BCUT2D eigenvalue weighted by Crippen LogP contribution is -2.20. The van der Waals surface area contributed by atoms with Crippen LogP contribution in [0.15, 0.2) is 41.6 Å². The maximum Gasteiger partial charge on any atom is 0.290 e. The number of pyridine rings is 1. The number of phenols is 3. The lowest BCUT2D eigenvalue weighted by Gasteiger charge is -2.04. The molecule has 0 saturated carbocycles. The third-order valence-electron chi connectivity index (χ3n) is 3.45. The topological polar surface area (TPSA) is 119 Å². The molecule has 24 heavy (non-hydrogen) atoms. The summed E-state index contributed by atoms with van der Waals surface area (Å²) >= 11 is 0. The average molecular weight is 326 g/mol. The number of nitrogens with zero attached hydrogens (tertiary/aromatic N) is 3. The summed E-state index contributed by atoms with van der Waals surface area (Å²) in [5.74, 6) is -2.10. The maximum absolute atomic E-state index is 12.3. The summed E-state index contributed by atoms with van der Waals surface area (Å²) in [6, 6.07) is 7.93. The molecule has 8 heteroatoms. The molecular weight excluding hydrogens is 312 g/mol. The van der Waals surface area contributed by atoms with Crippen LogP contribution >= 0.6 is 0 Å². The number of benzene rings is 1. The summed E-state index contributed by atoms with van der Waals surface area (Å²) in [6.45, 7) is 1.72. The largest absolute Gasteiger partial charge is 0.504 e. The molecule has 0 saturated heterocycles. The molecule has 4 N–H and O–H groups in total. The van der Waals surface area contributed by atoms with Crippen LogP contribution in [0.5, 0.6) is 17.2 Å². The van der Waals surface area contributed by atoms with Gasteiger partial charge in [0.05, 0.1) is 11.9 Å². The number of fused-ring (bicyclic) bond motifs is 1. The van der Waals surface area contributed by atoms with E-state index in [0.29, 0.717) is 17.0 Å². The van der Waals surface area contributed by atoms with Gasteiger partial charge in [-0.25, -0.2) is 10.4 Å². The average Bonchev–Trinajstić information content (AvgIpc) is 2.90. The van der Waals surface area contributed by atoms with Gasteiger partial charge in [-0.2, -0.15) is 5.10 Å². The highest BCUT2D eigenvalue weighted by Gasteiger charge is 2.15. The Bertz CT molecular complexity index is 962. The molecule has 1 amide bonds. The van der Waals surface area contributed by atoms with Gasteiger partial charge in [-0.1, -0.05) is 6.07 Å². The Kier molecular flexibility index (Phi) is 3.78. The number of nitrogens with one attached hydrogen (secondary N) is 1. The van der Waals surface area contributed by atoms with Gasteiger partial charge in [0.15, 0.2) is 11.5 Å². The predicted molar refractivity (Wildman–Crippen MR) is 86.4 cm³/mol. The van der Waals surface area contributed by atoms with Crippen LogP contribution in [0.3, 0.4) is 0 Å². The molecule has 0 bridgehead atoms. The third kappa shape index (κ3) is 2.60. The van der Waals surface area contributed by atoms with E-state index in [1.165, 1.54) is 12.1 Å². The molecule has 0 fully saturated rings. The highest BCUT2D eigenvalue weighted by atomic mass is 16.3. The number of amides is 1. The standard InChI is InChI=1S/C16H14N4O4/c1-9-13(20-7-3-2-4-12(20)18-9)16(24)19-17-8-10-5-6-11(21)15(23)14(10)22/h2-8,21-23H,1H3,(H,19,24)/b17-8+. The summed E-state index contributed by atoms with van der Waals surface area (Å²) < 4.78 is 1.64. The smallest absolute Gasteiger partial charge is 0.290 e. The molecule has 0 radical (unpaired) electrons. The van der Waals surface area contributed by atoms with Crippen molar-refractivity contribution in [1.29, 1.82) is 0 Å². The van der Waals surface area contributed by atoms with Crippen LogP contribution in [0.25, 0.3) is 5.65 Å². The van der Waals surface area contributed by atoms with Crippen molar-refractivity contribution in [3.05, 3.63) is 53.5 Å². The Morgan fingerprint density at radius 3 is 2.79 bits per heavy atom. The van der Waals surface area contributed by atoms with Gasteiger partial charge >= 0.3 is 0 Å². The number of hydrogen-bond acceptors (Lipinski definition) is 6. The molecule has 0 aliphatic heterocycles. The summed E-state index contributed by atoms with van der Waals surface area (Å²) in [7, 11) is 0. The van der Waals surface area contributed by atoms with Crippen molar-refractivity contribution in [3.63, 3.8) is 0 Å². The normalized spacial score (nSPS) is 11.2. The van der Waals surface area contributed by atoms with Gasteiger partial charge < -0.3 is 15.3 Å². The molecule has 0 atom stereocenters. The second kappa shape index (κ2) is 5.92. The van der Waals surface area contributed by atoms with Crippen molar-refractivity contribution in [2.24, 2.45) is 5.10 Å². The van der Waals surface area contributed by atoms with Crippen molar-refractivity contribution in [2.75, 3.05) is 0 Å². The first-order valence-electron chi connectivity index (χ1n) is 7.00. The number of aromatic nitrogens is 2. The fourth-order valence-electron chi connectivity index (χ4n) is 2.29. The maximum atomic E-state index is 12.3. The van der Waals surface area contributed by atoms with Gasteiger partial charge in [0.2, 0.25) is 5.75 Å². The van der Waals surface area contributed by atoms with Crippen LogP contribution in [0.4, 0.5) is 0 Å². The van der Waals surface area contributed by atoms with Crippen molar-refractivity contribution >= 4 is 17.8 Å². The summed E-state index contributed by atoms with van der Waals surface area (Å²) in [4.78, 5) is 16.6. The van der Waals surface area contributed by atoms with Crippen LogP contribution < -0.4 is 5.43 Å². The van der Waals surface area contributed by atoms with Gasteiger partial charge in [-0.3, -0.25) is 9.20 Å². The van der Waals surface area contributed by atoms with E-state index < -0.39 is 23.2 Å². The van der Waals surface area contributed by atoms with Gasteiger partial charge in [0, 0.05) is 11.8 Å². The van der Waals surface area contributed by atoms with E-state index in [9.17, 15) is 20.1 Å². The second-order valence-electron chi connectivity index (χ2n) is 5.04. The third-order valence-corrected chi connectivity index (χ3v) is 3.45. The zero-order chi connectivity index (χ0) is 17.3. The molecule has 0 spiro atoms. The number of aryl methyl sites for hydroxylation is 1. The lowest BCUT2D eigenvalue weighted by molar-refractivity contribution is 0.0948. The van der Waals surface area contributed by atoms with Gasteiger partial charge in [-0.15, -0.1) is 0 Å². The van der Waals surface area contributed by atoms with Crippen molar-refractivity contribution in [2.45, 2.75) is 6.92 Å². The van der Waals surface area contributed by atoms with Crippen LogP contribution in [0, 0.1) is 6.92 Å². The van der Waals surface area contributed by atoms with E-state index in [1.54, 1.807) is 29.7 Å². The quantitative estimate of drug-likeness (QED) is 0.330. The number of aromatic hydroxyl groups is 3. The van der Waals surface area contributed by atoms with Crippen LogP contribution in [0.2, 0.25) is 0 Å². The van der Waals surface area contributed by atoms with Crippen molar-refractivity contribution < 1.29 is 20.1 Å². The van der Waals surface area contributed by atoms with E-state index in [1.807, 2.05) is 6.07 Å². The number of hydrogen-bond donors (Lipinski definition) is 4. The molecule has 0 unspecified atom stereocenters. The van der Waals surface area contributed by atoms with Gasteiger partial charge in [-0.05, 0) is 31.2 Å². The number of carbonyl (C=O) groups excluding carboxylic acids is 1. The molecule has 0 aliphatic carbocycles. The SMILES string of the molecule is Cc1nc2ccccn2c1C(=O)N/N=C/c1ccc(O)c(O)c1O. The Labute approximate surface area is 136 Å². The van der Waals surface area contributed by atoms with E-state index >= 15 is 0 Å². The predicted octanol–water partition coefficient (Wildman–Crippen LogP) is 1.52. The minimum Gasteiger partial charge on any atom is -0.504 e. The monoisotopic (exact) mass is 326 g/mol. The first kappa shape index (κ1) is 15.3. The van der Waals surface area contributed by atoms with E-state index in [2.05, 4.69) is 15.5 Å². The van der Waals surface area contributed by atoms with Crippen LogP contribution in [-0.2, 0) is 0 Å². The first-order valence-corrected chi connectivity index (χ1v) is 7.00. The zero-order valence-electron chi connectivity index (χ0n) is 12.6. The number of hydrazone groups is 1. The fourth-order valence-corrected chi connectivity index (χ4v) is 2.29. The van der Waals surface area contributed by atoms with E-state index in [0.717, 1.165) is 6.21 Å². The minimum absolute atomic E-state index is 0.139. The molecule has 2 heterocycles. The first-order chi connectivity index (χ1) is 11.5. The highest BCUT2D eigenvalue weighted by Crippen LogP contribution is 2.36. The number of carbonyl (C=O) groups is 1. The lowest BCUT2D eigenvalue weighted by atomic mass is 10.2. The van der Waals surface area contributed by atoms with Gasteiger partial charge in [0.25, 0.3) is 5.91 Å². The number of imidazole rings is 1. The molecular formula is C16H14N4O4. The highest BCUT2D eigenvalue weighted by molar-refractivity contribution is 5.95. The number of phenolic OH excluding ortho intramolecular Hbond substituents is 3. The van der Waals surface area contributed by atoms with Crippen LogP contribution in [0.1, 0.15) is 21.7 Å². The Hall–Kier alpha value is -3.55.